The highest BCUT2D eigenvalue weighted by molar-refractivity contribution is 9.10. The first kappa shape index (κ1) is 26.3. The van der Waals surface area contributed by atoms with E-state index >= 15 is 0 Å². The van der Waals surface area contributed by atoms with E-state index < -0.39 is 10.0 Å². The Bertz CT molecular complexity index is 1520. The molecule has 1 aliphatic heterocycles. The first-order valence-electron chi connectivity index (χ1n) is 12.3. The minimum Gasteiger partial charge on any atom is -0.493 e. The van der Waals surface area contributed by atoms with Crippen LogP contribution in [-0.4, -0.2) is 34.1 Å². The molecule has 4 aromatic rings. The molecular formula is C30H29BrN2O4S. The maximum atomic E-state index is 12.7. The van der Waals surface area contributed by atoms with Crippen LogP contribution in [-0.2, 0) is 29.5 Å². The van der Waals surface area contributed by atoms with Gasteiger partial charge in [0.1, 0.15) is 0 Å². The molecule has 0 aliphatic carbocycles. The molecule has 4 aromatic carbocycles. The molecule has 0 saturated heterocycles. The maximum Gasteiger partial charge on any atom is 0.261 e. The van der Waals surface area contributed by atoms with E-state index in [0.717, 1.165) is 53.2 Å². The summed E-state index contributed by atoms with van der Waals surface area (Å²) in [7, 11) is -0.303. The molecule has 0 fully saturated rings. The number of benzene rings is 4. The number of sulfonamides is 1. The van der Waals surface area contributed by atoms with Crippen LogP contribution in [0.15, 0.2) is 94.3 Å². The van der Waals surface area contributed by atoms with E-state index in [1.54, 1.807) is 50.6 Å². The van der Waals surface area contributed by atoms with E-state index in [0.29, 0.717) is 5.69 Å². The molecule has 0 radical (unpaired) electrons. The Morgan fingerprint density at radius 3 is 2.00 bits per heavy atom. The van der Waals surface area contributed by atoms with Gasteiger partial charge >= 0.3 is 0 Å². The van der Waals surface area contributed by atoms with Gasteiger partial charge in [-0.1, -0.05) is 52.3 Å². The minimum atomic E-state index is -3.64. The van der Waals surface area contributed by atoms with Gasteiger partial charge in [-0.25, -0.2) is 8.42 Å². The fourth-order valence-corrected chi connectivity index (χ4v) is 6.02. The lowest BCUT2D eigenvalue weighted by atomic mass is 9.98. The second-order valence-electron chi connectivity index (χ2n) is 9.27. The zero-order valence-corrected chi connectivity index (χ0v) is 23.7. The van der Waals surface area contributed by atoms with Crippen molar-refractivity contribution in [1.82, 2.24) is 4.90 Å². The van der Waals surface area contributed by atoms with Crippen molar-refractivity contribution in [3.63, 3.8) is 0 Å². The van der Waals surface area contributed by atoms with E-state index in [1.807, 2.05) is 12.1 Å². The number of nitrogens with one attached hydrogen (secondary N) is 1. The molecule has 1 heterocycles. The Morgan fingerprint density at radius 2 is 1.39 bits per heavy atom. The molecule has 0 aromatic heterocycles. The third kappa shape index (κ3) is 5.88. The summed E-state index contributed by atoms with van der Waals surface area (Å²) < 4.78 is 39.7. The topological polar surface area (TPSA) is 67.9 Å². The molecule has 1 aliphatic rings. The molecule has 0 amide bonds. The summed E-state index contributed by atoms with van der Waals surface area (Å²) in [5, 5.41) is 0. The molecular weight excluding hydrogens is 564 g/mol. The van der Waals surface area contributed by atoms with Gasteiger partial charge in [-0.2, -0.15) is 0 Å². The van der Waals surface area contributed by atoms with Gasteiger partial charge in [0.05, 0.1) is 19.1 Å². The summed E-state index contributed by atoms with van der Waals surface area (Å²) in [5.41, 5.74) is 6.47. The molecule has 0 saturated carbocycles. The highest BCUT2D eigenvalue weighted by Gasteiger charge is 2.20. The lowest BCUT2D eigenvalue weighted by Crippen LogP contribution is -2.30. The molecule has 8 heteroatoms. The highest BCUT2D eigenvalue weighted by atomic mass is 79.9. The second-order valence-corrected chi connectivity index (χ2v) is 11.9. The first-order valence-corrected chi connectivity index (χ1v) is 14.6. The fraction of sp³-hybridized carbons (Fsp3) is 0.200. The standard InChI is InChI=1S/C30H29BrN2O4S/c1-36-29-17-24-15-16-33(20-25(24)18-30(29)37-2)19-21-3-5-22(6-4-21)23-7-11-27(12-8-23)32-38(34,35)28-13-9-26(31)10-14-28/h3-14,17-18,32H,15-16,19-20H2,1-2H3. The van der Waals surface area contributed by atoms with Crippen LogP contribution < -0.4 is 14.2 Å². The van der Waals surface area contributed by atoms with Crippen molar-refractivity contribution >= 4 is 31.6 Å². The van der Waals surface area contributed by atoms with Gasteiger partial charge in [-0.3, -0.25) is 9.62 Å². The normalized spacial score (nSPS) is 13.6. The second kappa shape index (κ2) is 11.2. The molecule has 196 valence electrons. The summed E-state index contributed by atoms with van der Waals surface area (Å²) >= 11 is 3.33. The summed E-state index contributed by atoms with van der Waals surface area (Å²) in [6.45, 7) is 2.72. The zero-order valence-electron chi connectivity index (χ0n) is 21.3. The molecule has 1 N–H and O–H groups in total. The molecule has 6 nitrogen and oxygen atoms in total. The highest BCUT2D eigenvalue weighted by Crippen LogP contribution is 2.33. The summed E-state index contributed by atoms with van der Waals surface area (Å²) in [6, 6.07) is 26.7. The van der Waals surface area contributed by atoms with Crippen LogP contribution in [0.2, 0.25) is 0 Å². The third-order valence-corrected chi connectivity index (χ3v) is 8.68. The predicted octanol–water partition coefficient (Wildman–Crippen LogP) is 6.49. The lowest BCUT2D eigenvalue weighted by molar-refractivity contribution is 0.244. The predicted molar refractivity (Wildman–Crippen MR) is 154 cm³/mol. The largest absolute Gasteiger partial charge is 0.493 e. The van der Waals surface area contributed by atoms with Gasteiger partial charge < -0.3 is 9.47 Å². The average Bonchev–Trinajstić information content (AvgIpc) is 2.93. The smallest absolute Gasteiger partial charge is 0.261 e. The molecule has 0 atom stereocenters. The molecule has 0 spiro atoms. The van der Waals surface area contributed by atoms with Crippen LogP contribution in [0.5, 0.6) is 11.5 Å². The summed E-state index contributed by atoms with van der Waals surface area (Å²) in [4.78, 5) is 2.66. The Hall–Kier alpha value is -3.33. The van der Waals surface area contributed by atoms with Crippen LogP contribution in [0.3, 0.4) is 0 Å². The quantitative estimate of drug-likeness (QED) is 0.253. The number of anilines is 1. The first-order chi connectivity index (χ1) is 18.3. The van der Waals surface area contributed by atoms with E-state index in [4.69, 9.17) is 9.47 Å². The Kier molecular flexibility index (Phi) is 7.74. The fourth-order valence-electron chi connectivity index (χ4n) is 4.70. The van der Waals surface area contributed by atoms with E-state index in [-0.39, 0.29) is 4.90 Å². The average molecular weight is 594 g/mol. The number of hydrogen-bond acceptors (Lipinski definition) is 5. The summed E-state index contributed by atoms with van der Waals surface area (Å²) in [6.07, 6.45) is 0.978. The number of rotatable bonds is 8. The van der Waals surface area contributed by atoms with Crippen molar-refractivity contribution in [2.45, 2.75) is 24.4 Å². The van der Waals surface area contributed by atoms with Crippen molar-refractivity contribution in [3.8, 4) is 22.6 Å². The van der Waals surface area contributed by atoms with E-state index in [9.17, 15) is 8.42 Å². The lowest BCUT2D eigenvalue weighted by Gasteiger charge is -2.29. The van der Waals surface area contributed by atoms with Gasteiger partial charge in [-0.15, -0.1) is 0 Å². The summed E-state index contributed by atoms with van der Waals surface area (Å²) in [5.74, 6) is 1.55. The SMILES string of the molecule is COc1cc2c(cc1OC)CN(Cc1ccc(-c3ccc(NS(=O)(=O)c4ccc(Br)cc4)cc3)cc1)CC2. The van der Waals surface area contributed by atoms with Crippen LogP contribution >= 0.6 is 15.9 Å². The number of fused-ring (bicyclic) bond motifs is 1. The zero-order chi connectivity index (χ0) is 26.7. The maximum absolute atomic E-state index is 12.7. The Balaban J connectivity index is 1.22. The van der Waals surface area contributed by atoms with Crippen LogP contribution in [0, 0.1) is 0 Å². The van der Waals surface area contributed by atoms with E-state index in [1.165, 1.54) is 16.7 Å². The molecule has 38 heavy (non-hydrogen) atoms. The van der Waals surface area contributed by atoms with E-state index in [2.05, 4.69) is 62.0 Å². The number of hydrogen-bond donors (Lipinski definition) is 1. The van der Waals surface area contributed by atoms with Crippen molar-refractivity contribution in [1.29, 1.82) is 0 Å². The molecule has 0 unspecified atom stereocenters. The van der Waals surface area contributed by atoms with Crippen LogP contribution in [0.4, 0.5) is 5.69 Å². The number of ether oxygens (including phenoxy) is 2. The van der Waals surface area contributed by atoms with Crippen molar-refractivity contribution < 1.29 is 17.9 Å². The minimum absolute atomic E-state index is 0.219. The van der Waals surface area contributed by atoms with Crippen molar-refractivity contribution in [3.05, 3.63) is 106 Å². The van der Waals surface area contributed by atoms with Crippen LogP contribution in [0.1, 0.15) is 16.7 Å². The van der Waals surface area contributed by atoms with Gasteiger partial charge in [-0.05, 0) is 82.8 Å². The van der Waals surface area contributed by atoms with Crippen molar-refractivity contribution in [2.75, 3.05) is 25.5 Å². The number of nitrogens with zero attached hydrogens (tertiary/aromatic N) is 1. The molecule has 0 bridgehead atoms. The van der Waals surface area contributed by atoms with Gasteiger partial charge in [0.2, 0.25) is 0 Å². The monoisotopic (exact) mass is 592 g/mol. The van der Waals surface area contributed by atoms with Gasteiger partial charge in [0.15, 0.2) is 11.5 Å². The van der Waals surface area contributed by atoms with Gasteiger partial charge in [0.25, 0.3) is 10.0 Å². The van der Waals surface area contributed by atoms with Crippen molar-refractivity contribution in [2.24, 2.45) is 0 Å². The number of halogens is 1. The number of methoxy groups -OCH3 is 2. The van der Waals surface area contributed by atoms with Crippen LogP contribution in [0.25, 0.3) is 11.1 Å². The Labute approximate surface area is 232 Å². The van der Waals surface area contributed by atoms with Gasteiger partial charge in [0, 0.05) is 29.8 Å². The molecule has 5 rings (SSSR count). The Morgan fingerprint density at radius 1 is 0.816 bits per heavy atom. The third-order valence-electron chi connectivity index (χ3n) is 6.75.